The first-order valence-corrected chi connectivity index (χ1v) is 8.03. The van der Waals surface area contributed by atoms with Crippen molar-refractivity contribution < 1.29 is 0 Å². The fraction of sp³-hybridized carbons (Fsp3) is 0.625. The highest BCUT2D eigenvalue weighted by atomic mass is 35.5. The van der Waals surface area contributed by atoms with Crippen molar-refractivity contribution in [1.82, 2.24) is 0 Å². The minimum absolute atomic E-state index is 0.648. The molecular weight excluding hydrogens is 277 g/mol. The average Bonchev–Trinajstić information content (AvgIpc) is 2.41. The summed E-state index contributed by atoms with van der Waals surface area (Å²) in [6, 6.07) is 5.84. The first-order valence-electron chi connectivity index (χ1n) is 7.28. The molecule has 1 saturated carbocycles. The van der Waals surface area contributed by atoms with Gasteiger partial charge in [0.1, 0.15) is 0 Å². The molecule has 0 spiro atoms. The van der Waals surface area contributed by atoms with Crippen molar-refractivity contribution in [3.05, 3.63) is 33.8 Å². The van der Waals surface area contributed by atoms with Crippen LogP contribution in [0.15, 0.2) is 18.2 Å². The van der Waals surface area contributed by atoms with E-state index in [2.05, 4.69) is 13.0 Å². The molecule has 0 aliphatic heterocycles. The summed E-state index contributed by atoms with van der Waals surface area (Å²) in [7, 11) is 0. The molecule has 0 saturated heterocycles. The molecule has 0 amide bonds. The Bertz CT molecular complexity index is 419. The summed E-state index contributed by atoms with van der Waals surface area (Å²) in [4.78, 5) is 0. The number of benzene rings is 1. The van der Waals surface area contributed by atoms with E-state index < -0.39 is 0 Å². The van der Waals surface area contributed by atoms with E-state index in [1.54, 1.807) is 0 Å². The summed E-state index contributed by atoms with van der Waals surface area (Å²) >= 11 is 12.3. The fourth-order valence-electron chi connectivity index (χ4n) is 3.32. The first-order chi connectivity index (χ1) is 9.13. The van der Waals surface area contributed by atoms with Crippen molar-refractivity contribution in [2.45, 2.75) is 39.0 Å². The number of rotatable bonds is 4. The maximum absolute atomic E-state index is 6.29. The maximum atomic E-state index is 6.29. The Morgan fingerprint density at radius 3 is 2.63 bits per heavy atom. The van der Waals surface area contributed by atoms with E-state index in [-0.39, 0.29) is 0 Å². The van der Waals surface area contributed by atoms with Crippen molar-refractivity contribution in [1.29, 1.82) is 0 Å². The van der Waals surface area contributed by atoms with Crippen molar-refractivity contribution >= 4 is 23.2 Å². The van der Waals surface area contributed by atoms with E-state index in [1.165, 1.54) is 31.2 Å². The molecule has 0 bridgehead atoms. The third kappa shape index (κ3) is 3.87. The third-order valence-electron chi connectivity index (χ3n) is 4.63. The van der Waals surface area contributed by atoms with E-state index in [9.17, 15) is 0 Å². The zero-order chi connectivity index (χ0) is 13.8. The first kappa shape index (κ1) is 15.2. The number of nitrogens with two attached hydrogens (primary N) is 1. The van der Waals surface area contributed by atoms with Gasteiger partial charge in [0.25, 0.3) is 0 Å². The quantitative estimate of drug-likeness (QED) is 0.837. The highest BCUT2D eigenvalue weighted by Gasteiger charge is 2.29. The number of halogens is 2. The molecule has 1 aliphatic carbocycles. The molecule has 0 radical (unpaired) electrons. The van der Waals surface area contributed by atoms with Crippen molar-refractivity contribution in [3.8, 4) is 0 Å². The Balaban J connectivity index is 2.09. The van der Waals surface area contributed by atoms with E-state index >= 15 is 0 Å². The summed E-state index contributed by atoms with van der Waals surface area (Å²) < 4.78 is 0. The largest absolute Gasteiger partial charge is 0.330 e. The zero-order valence-electron chi connectivity index (χ0n) is 11.5. The molecule has 0 heterocycles. The smallest absolute Gasteiger partial charge is 0.0452 e. The molecule has 1 fully saturated rings. The van der Waals surface area contributed by atoms with Crippen LogP contribution in [-0.4, -0.2) is 6.54 Å². The minimum atomic E-state index is 0.648. The van der Waals surface area contributed by atoms with Crippen molar-refractivity contribution in [2.24, 2.45) is 23.5 Å². The Kier molecular flexibility index (Phi) is 5.56. The molecule has 3 unspecified atom stereocenters. The Hall–Kier alpha value is -0.240. The van der Waals surface area contributed by atoms with Gasteiger partial charge in [0.2, 0.25) is 0 Å². The van der Waals surface area contributed by atoms with Gasteiger partial charge in [-0.25, -0.2) is 0 Å². The Morgan fingerprint density at radius 2 is 2.00 bits per heavy atom. The van der Waals surface area contributed by atoms with Crippen LogP contribution in [0.1, 0.15) is 38.2 Å². The van der Waals surface area contributed by atoms with Gasteiger partial charge in [0.15, 0.2) is 0 Å². The van der Waals surface area contributed by atoms with Gasteiger partial charge >= 0.3 is 0 Å². The summed E-state index contributed by atoms with van der Waals surface area (Å²) in [5, 5.41) is 1.50. The Morgan fingerprint density at radius 1 is 1.21 bits per heavy atom. The maximum Gasteiger partial charge on any atom is 0.0452 e. The van der Waals surface area contributed by atoms with Crippen LogP contribution >= 0.6 is 23.2 Å². The molecule has 1 nitrogen and oxygen atoms in total. The van der Waals surface area contributed by atoms with Crippen molar-refractivity contribution in [2.75, 3.05) is 6.54 Å². The van der Waals surface area contributed by atoms with Crippen LogP contribution in [0.4, 0.5) is 0 Å². The second-order valence-electron chi connectivity index (χ2n) is 5.78. The third-order valence-corrected chi connectivity index (χ3v) is 5.21. The zero-order valence-corrected chi connectivity index (χ0v) is 13.1. The van der Waals surface area contributed by atoms with Gasteiger partial charge in [0, 0.05) is 10.0 Å². The SMILES string of the molecule is CCC1CCC(CN)C(Cc2ccc(Cl)cc2Cl)C1. The van der Waals surface area contributed by atoms with Gasteiger partial charge in [-0.3, -0.25) is 0 Å². The van der Waals surface area contributed by atoms with Gasteiger partial charge in [-0.2, -0.15) is 0 Å². The van der Waals surface area contributed by atoms with Crippen LogP contribution < -0.4 is 5.73 Å². The monoisotopic (exact) mass is 299 g/mol. The molecule has 106 valence electrons. The molecule has 2 N–H and O–H groups in total. The predicted molar refractivity (Wildman–Crippen MR) is 83.8 cm³/mol. The van der Waals surface area contributed by atoms with Crippen LogP contribution in [-0.2, 0) is 6.42 Å². The lowest BCUT2D eigenvalue weighted by molar-refractivity contribution is 0.180. The van der Waals surface area contributed by atoms with E-state index in [4.69, 9.17) is 28.9 Å². The molecule has 1 aliphatic rings. The van der Waals surface area contributed by atoms with Crippen LogP contribution in [0.3, 0.4) is 0 Å². The normalized spacial score (nSPS) is 27.5. The number of hydrogen-bond acceptors (Lipinski definition) is 1. The van der Waals surface area contributed by atoms with Gasteiger partial charge in [-0.05, 0) is 61.3 Å². The molecule has 19 heavy (non-hydrogen) atoms. The van der Waals surface area contributed by atoms with Crippen LogP contribution in [0, 0.1) is 17.8 Å². The molecule has 2 rings (SSSR count). The highest BCUT2D eigenvalue weighted by molar-refractivity contribution is 6.35. The van der Waals surface area contributed by atoms with Gasteiger partial charge in [0.05, 0.1) is 0 Å². The lowest BCUT2D eigenvalue weighted by Gasteiger charge is -2.35. The van der Waals surface area contributed by atoms with E-state index in [0.717, 1.165) is 23.9 Å². The van der Waals surface area contributed by atoms with Gasteiger partial charge < -0.3 is 5.73 Å². The Labute approximate surface area is 126 Å². The second-order valence-corrected chi connectivity index (χ2v) is 6.63. The van der Waals surface area contributed by atoms with Crippen LogP contribution in [0.5, 0.6) is 0 Å². The van der Waals surface area contributed by atoms with E-state index in [0.29, 0.717) is 16.9 Å². The van der Waals surface area contributed by atoms with Crippen LogP contribution in [0.2, 0.25) is 10.0 Å². The summed E-state index contributed by atoms with van der Waals surface area (Å²) in [6.45, 7) is 3.09. The predicted octanol–water partition coefficient (Wildman–Crippen LogP) is 4.94. The molecule has 1 aromatic carbocycles. The minimum Gasteiger partial charge on any atom is -0.330 e. The van der Waals surface area contributed by atoms with Gasteiger partial charge in [-0.1, -0.05) is 49.0 Å². The molecular formula is C16H23Cl2N. The summed E-state index contributed by atoms with van der Waals surface area (Å²) in [5.74, 6) is 2.18. The number of hydrogen-bond donors (Lipinski definition) is 1. The lowest BCUT2D eigenvalue weighted by atomic mass is 9.71. The average molecular weight is 300 g/mol. The van der Waals surface area contributed by atoms with Crippen LogP contribution in [0.25, 0.3) is 0 Å². The molecule has 3 atom stereocenters. The summed E-state index contributed by atoms with van der Waals surface area (Å²) in [5.41, 5.74) is 7.16. The topological polar surface area (TPSA) is 26.0 Å². The fourth-order valence-corrected chi connectivity index (χ4v) is 3.81. The van der Waals surface area contributed by atoms with Gasteiger partial charge in [-0.15, -0.1) is 0 Å². The lowest BCUT2D eigenvalue weighted by Crippen LogP contribution is -2.31. The molecule has 0 aromatic heterocycles. The molecule has 3 heteroatoms. The van der Waals surface area contributed by atoms with E-state index in [1.807, 2.05) is 12.1 Å². The highest BCUT2D eigenvalue weighted by Crippen LogP contribution is 2.38. The molecule has 1 aromatic rings. The summed E-state index contributed by atoms with van der Waals surface area (Å²) in [6.07, 6.45) is 6.21. The second kappa shape index (κ2) is 6.97. The van der Waals surface area contributed by atoms with Crippen molar-refractivity contribution in [3.63, 3.8) is 0 Å². The standard InChI is InChI=1S/C16H23Cl2N/c1-2-11-3-4-13(10-19)14(7-11)8-12-5-6-15(17)9-16(12)18/h5-6,9,11,13-14H,2-4,7-8,10,19H2,1H3.